The Balaban J connectivity index is 1.44. The number of nitrogens with zero attached hydrogens (tertiary/aromatic N) is 7. The average molecular weight is 549 g/mol. The van der Waals surface area contributed by atoms with Crippen molar-refractivity contribution in [3.63, 3.8) is 0 Å². The monoisotopic (exact) mass is 548 g/mol. The second-order valence-corrected chi connectivity index (χ2v) is 9.73. The Bertz CT molecular complexity index is 1700. The molecule has 3 aromatic carbocycles. The molecule has 0 saturated carbocycles. The lowest BCUT2D eigenvalue weighted by Gasteiger charge is -2.12. The third-order valence-electron chi connectivity index (χ3n) is 6.39. The molecule has 0 fully saturated rings. The number of imidazole rings is 1. The van der Waals surface area contributed by atoms with Crippen molar-refractivity contribution in [3.05, 3.63) is 101 Å². The Morgan fingerprint density at radius 3 is 2.45 bits per heavy atom. The standard InChI is InChI=1S/C30H28N8OS/c1-19-9-5-7-11-25(19)33-34-28(21-13-15-23(16-14-21)37(3)4)35-36-30(40)38-20(2)32-27(29(38)39)17-22-18-31-26-12-8-6-10-24(22)26/h5-18,33,39H,1-4H3/b22-17+,34-28+,36-35?. The lowest BCUT2D eigenvalue weighted by atomic mass is 10.1. The molecular formula is C30H28N8OS. The van der Waals surface area contributed by atoms with Gasteiger partial charge in [0.1, 0.15) is 11.5 Å². The van der Waals surface area contributed by atoms with Crippen LogP contribution in [0.5, 0.6) is 5.88 Å². The number of amidine groups is 1. The van der Waals surface area contributed by atoms with Crippen LogP contribution in [0.25, 0.3) is 11.6 Å². The first-order valence-corrected chi connectivity index (χ1v) is 13.0. The summed E-state index contributed by atoms with van der Waals surface area (Å²) in [6.07, 6.45) is 3.53. The largest absolute Gasteiger partial charge is 0.493 e. The van der Waals surface area contributed by atoms with Crippen molar-refractivity contribution in [2.75, 3.05) is 24.4 Å². The van der Waals surface area contributed by atoms with Gasteiger partial charge in [-0.3, -0.25) is 10.4 Å². The summed E-state index contributed by atoms with van der Waals surface area (Å²) in [6, 6.07) is 23.4. The summed E-state index contributed by atoms with van der Waals surface area (Å²) >= 11 is 5.55. The van der Waals surface area contributed by atoms with Gasteiger partial charge in [0.25, 0.3) is 0 Å². The number of hydrogen-bond acceptors (Lipinski definition) is 7. The molecule has 40 heavy (non-hydrogen) atoms. The zero-order valence-corrected chi connectivity index (χ0v) is 23.4. The van der Waals surface area contributed by atoms with E-state index in [1.807, 2.05) is 98.7 Å². The molecule has 0 saturated heterocycles. The van der Waals surface area contributed by atoms with E-state index in [0.717, 1.165) is 39.3 Å². The predicted molar refractivity (Wildman–Crippen MR) is 166 cm³/mol. The van der Waals surface area contributed by atoms with E-state index in [1.165, 1.54) is 4.57 Å². The number of aryl methyl sites for hydroxylation is 2. The normalized spacial score (nSPS) is 13.7. The molecule has 4 aromatic rings. The molecule has 200 valence electrons. The van der Waals surface area contributed by atoms with Crippen LogP contribution >= 0.6 is 12.2 Å². The number of anilines is 2. The van der Waals surface area contributed by atoms with Crippen molar-refractivity contribution in [2.24, 2.45) is 20.3 Å². The Labute approximate surface area is 238 Å². The number of hydrogen-bond donors (Lipinski definition) is 2. The molecule has 5 rings (SSSR count). The van der Waals surface area contributed by atoms with Gasteiger partial charge in [-0.25, -0.2) is 9.55 Å². The summed E-state index contributed by atoms with van der Waals surface area (Å²) < 4.78 is 1.38. The Morgan fingerprint density at radius 1 is 0.975 bits per heavy atom. The van der Waals surface area contributed by atoms with E-state index in [4.69, 9.17) is 12.2 Å². The highest BCUT2D eigenvalue weighted by Gasteiger charge is 2.19. The van der Waals surface area contributed by atoms with Crippen LogP contribution in [0.4, 0.5) is 17.1 Å². The van der Waals surface area contributed by atoms with Gasteiger partial charge in [-0.2, -0.15) is 5.10 Å². The zero-order valence-electron chi connectivity index (χ0n) is 22.6. The first-order valence-electron chi connectivity index (χ1n) is 12.6. The maximum absolute atomic E-state index is 11.0. The number of rotatable bonds is 5. The zero-order chi connectivity index (χ0) is 28.2. The Hall–Kier alpha value is -4.96. The lowest BCUT2D eigenvalue weighted by Crippen LogP contribution is -2.10. The van der Waals surface area contributed by atoms with E-state index < -0.39 is 0 Å². The minimum atomic E-state index is -0.126. The van der Waals surface area contributed by atoms with E-state index in [0.29, 0.717) is 17.4 Å². The highest BCUT2D eigenvalue weighted by atomic mass is 32.1. The van der Waals surface area contributed by atoms with Crippen molar-refractivity contribution in [1.82, 2.24) is 9.55 Å². The second kappa shape index (κ2) is 11.4. The van der Waals surface area contributed by atoms with Crippen molar-refractivity contribution >= 4 is 58.1 Å². The molecule has 0 spiro atoms. The fraction of sp³-hybridized carbons (Fsp3) is 0.133. The van der Waals surface area contributed by atoms with Gasteiger partial charge >= 0.3 is 0 Å². The van der Waals surface area contributed by atoms with Crippen molar-refractivity contribution in [3.8, 4) is 5.88 Å². The van der Waals surface area contributed by atoms with Crippen LogP contribution in [0, 0.1) is 13.8 Å². The van der Waals surface area contributed by atoms with E-state index in [-0.39, 0.29) is 11.0 Å². The van der Waals surface area contributed by atoms with Gasteiger partial charge in [-0.15, -0.1) is 10.2 Å². The van der Waals surface area contributed by atoms with Crippen LogP contribution in [0.15, 0.2) is 93.1 Å². The summed E-state index contributed by atoms with van der Waals surface area (Å²) in [6.45, 7) is 3.74. The minimum Gasteiger partial charge on any atom is -0.493 e. The molecule has 0 bridgehead atoms. The topological polar surface area (TPSA) is 103 Å². The highest BCUT2D eigenvalue weighted by molar-refractivity contribution is 7.80. The summed E-state index contributed by atoms with van der Waals surface area (Å²) in [5.74, 6) is 0.677. The van der Waals surface area contributed by atoms with E-state index in [9.17, 15) is 5.11 Å². The molecule has 0 atom stereocenters. The third-order valence-corrected chi connectivity index (χ3v) is 6.65. The van der Waals surface area contributed by atoms with Gasteiger partial charge in [0.2, 0.25) is 16.8 Å². The maximum Gasteiger partial charge on any atom is 0.228 e. The molecule has 0 amide bonds. The maximum atomic E-state index is 11.0. The van der Waals surface area contributed by atoms with Crippen LogP contribution in [0.2, 0.25) is 0 Å². The van der Waals surface area contributed by atoms with Crippen molar-refractivity contribution in [1.29, 1.82) is 0 Å². The van der Waals surface area contributed by atoms with Gasteiger partial charge in [-0.1, -0.05) is 36.4 Å². The molecule has 1 aliphatic heterocycles. The summed E-state index contributed by atoms with van der Waals surface area (Å²) in [7, 11) is 3.95. The molecule has 2 N–H and O–H groups in total. The predicted octanol–water partition coefficient (Wildman–Crippen LogP) is 6.59. The first kappa shape index (κ1) is 26.6. The van der Waals surface area contributed by atoms with Gasteiger partial charge in [-0.05, 0) is 74.1 Å². The summed E-state index contributed by atoms with van der Waals surface area (Å²) in [4.78, 5) is 10.9. The molecule has 9 nitrogen and oxygen atoms in total. The van der Waals surface area contributed by atoms with Gasteiger partial charge in [0, 0.05) is 42.7 Å². The fourth-order valence-electron chi connectivity index (χ4n) is 4.17. The number of allylic oxidation sites excluding steroid dienone is 1. The second-order valence-electron chi connectivity index (χ2n) is 9.36. The van der Waals surface area contributed by atoms with E-state index in [2.05, 4.69) is 30.7 Å². The van der Waals surface area contributed by atoms with Crippen LogP contribution in [-0.2, 0) is 0 Å². The summed E-state index contributed by atoms with van der Waals surface area (Å²) in [5.41, 5.74) is 9.81. The molecule has 0 aliphatic carbocycles. The number of azo groups is 1. The molecular weight excluding hydrogens is 520 g/mol. The van der Waals surface area contributed by atoms with E-state index in [1.54, 1.807) is 19.2 Å². The number of para-hydroxylation sites is 2. The number of thiocarbonyl (C=S) groups is 1. The van der Waals surface area contributed by atoms with Crippen LogP contribution in [-0.4, -0.2) is 45.9 Å². The quantitative estimate of drug-likeness (QED) is 0.0963. The SMILES string of the molecule is Cc1ccccc1N/N=C(/N=NC(=S)n1c(C)nc(/C=C2\C=Nc3ccccc32)c1O)c1ccc(N(C)C)cc1. The number of aromatic hydroxyl groups is 1. The number of fused-ring (bicyclic) bond motifs is 1. The molecule has 0 radical (unpaired) electrons. The summed E-state index contributed by atoms with van der Waals surface area (Å²) in [5, 5.41) is 24.2. The van der Waals surface area contributed by atoms with E-state index >= 15 is 0 Å². The molecule has 2 heterocycles. The number of aromatic nitrogens is 2. The van der Waals surface area contributed by atoms with Gasteiger partial charge in [0.15, 0.2) is 0 Å². The number of benzene rings is 3. The van der Waals surface area contributed by atoms with Crippen molar-refractivity contribution in [2.45, 2.75) is 13.8 Å². The van der Waals surface area contributed by atoms with Gasteiger partial charge < -0.3 is 10.0 Å². The van der Waals surface area contributed by atoms with Gasteiger partial charge in [0.05, 0.1) is 11.4 Å². The third kappa shape index (κ3) is 5.57. The average Bonchev–Trinajstić information content (AvgIpc) is 3.49. The fourth-order valence-corrected chi connectivity index (χ4v) is 4.43. The number of nitrogens with one attached hydrogen (secondary N) is 1. The molecule has 1 aliphatic rings. The molecule has 10 heteroatoms. The van der Waals surface area contributed by atoms with Crippen LogP contribution in [0.1, 0.15) is 28.2 Å². The lowest BCUT2D eigenvalue weighted by molar-refractivity contribution is 0.444. The van der Waals surface area contributed by atoms with Crippen LogP contribution in [0.3, 0.4) is 0 Å². The number of aliphatic imine (C=N–C) groups is 1. The molecule has 0 unspecified atom stereocenters. The Kier molecular flexibility index (Phi) is 7.61. The molecule has 1 aromatic heterocycles. The first-order chi connectivity index (χ1) is 19.3. The number of hydrazone groups is 1. The van der Waals surface area contributed by atoms with Crippen LogP contribution < -0.4 is 10.3 Å². The smallest absolute Gasteiger partial charge is 0.228 e. The minimum absolute atomic E-state index is 0.0288. The highest BCUT2D eigenvalue weighted by Crippen LogP contribution is 2.33. The van der Waals surface area contributed by atoms with Crippen molar-refractivity contribution < 1.29 is 5.11 Å². The Morgan fingerprint density at radius 2 is 1.70 bits per heavy atom.